The maximum atomic E-state index is 5.72. The highest BCUT2D eigenvalue weighted by atomic mass is 15.3. The molecule has 0 saturated carbocycles. The summed E-state index contributed by atoms with van der Waals surface area (Å²) in [5, 5.41) is 8.74. The Morgan fingerprint density at radius 2 is 2.16 bits per heavy atom. The Kier molecular flexibility index (Phi) is 4.01. The van der Waals surface area contributed by atoms with Crippen LogP contribution in [-0.2, 0) is 20.0 Å². The van der Waals surface area contributed by atoms with Crippen molar-refractivity contribution in [1.82, 2.24) is 25.0 Å². The van der Waals surface area contributed by atoms with Crippen molar-refractivity contribution in [3.63, 3.8) is 0 Å². The van der Waals surface area contributed by atoms with E-state index in [-0.39, 0.29) is 6.04 Å². The molecule has 104 valence electrons. The average Bonchev–Trinajstić information content (AvgIpc) is 2.93. The van der Waals surface area contributed by atoms with Crippen molar-refractivity contribution in [3.05, 3.63) is 34.9 Å². The largest absolute Gasteiger partial charge is 0.273 e. The van der Waals surface area contributed by atoms with Gasteiger partial charge in [-0.1, -0.05) is 0 Å². The van der Waals surface area contributed by atoms with Gasteiger partial charge in [-0.25, -0.2) is 0 Å². The molecule has 0 spiro atoms. The number of nitrogens with zero attached hydrogens (tertiary/aromatic N) is 4. The van der Waals surface area contributed by atoms with E-state index < -0.39 is 0 Å². The summed E-state index contributed by atoms with van der Waals surface area (Å²) in [6.45, 7) is 7.04. The van der Waals surface area contributed by atoms with E-state index in [0.29, 0.717) is 0 Å². The first-order valence-electron chi connectivity index (χ1n) is 6.54. The summed E-state index contributed by atoms with van der Waals surface area (Å²) in [5.74, 6) is 5.72. The van der Waals surface area contributed by atoms with Crippen LogP contribution in [-0.4, -0.2) is 19.6 Å². The molecule has 6 heteroatoms. The van der Waals surface area contributed by atoms with Crippen molar-refractivity contribution in [3.8, 4) is 0 Å². The van der Waals surface area contributed by atoms with E-state index in [1.165, 1.54) is 11.1 Å². The van der Waals surface area contributed by atoms with Crippen LogP contribution in [0.25, 0.3) is 0 Å². The van der Waals surface area contributed by atoms with Gasteiger partial charge in [0.05, 0.1) is 17.9 Å². The number of hydrazine groups is 1. The van der Waals surface area contributed by atoms with E-state index in [4.69, 9.17) is 5.84 Å². The third-order valence-corrected chi connectivity index (χ3v) is 3.57. The number of hydrogen-bond acceptors (Lipinski definition) is 4. The van der Waals surface area contributed by atoms with Crippen LogP contribution < -0.4 is 11.3 Å². The molecule has 6 nitrogen and oxygen atoms in total. The van der Waals surface area contributed by atoms with Crippen molar-refractivity contribution in [2.75, 3.05) is 0 Å². The lowest BCUT2D eigenvalue weighted by Crippen LogP contribution is -2.30. The van der Waals surface area contributed by atoms with Crippen LogP contribution in [0.5, 0.6) is 0 Å². The van der Waals surface area contributed by atoms with Crippen molar-refractivity contribution >= 4 is 0 Å². The molecule has 1 unspecified atom stereocenters. The number of hydrogen-bond donors (Lipinski definition) is 2. The number of aromatic nitrogens is 4. The van der Waals surface area contributed by atoms with Crippen LogP contribution in [0.1, 0.15) is 35.5 Å². The number of nitrogens with two attached hydrogens (primary N) is 1. The zero-order valence-corrected chi connectivity index (χ0v) is 12.0. The van der Waals surface area contributed by atoms with Gasteiger partial charge in [-0.05, 0) is 32.8 Å². The van der Waals surface area contributed by atoms with E-state index in [0.717, 1.165) is 24.4 Å². The van der Waals surface area contributed by atoms with Gasteiger partial charge in [-0.2, -0.15) is 10.2 Å². The average molecular weight is 262 g/mol. The van der Waals surface area contributed by atoms with Crippen LogP contribution in [0.3, 0.4) is 0 Å². The molecule has 0 radical (unpaired) electrons. The molecule has 1 atom stereocenters. The van der Waals surface area contributed by atoms with E-state index >= 15 is 0 Å². The molecule has 0 aliphatic heterocycles. The maximum Gasteiger partial charge on any atom is 0.0644 e. The van der Waals surface area contributed by atoms with Crippen molar-refractivity contribution < 1.29 is 0 Å². The molecular formula is C13H22N6. The van der Waals surface area contributed by atoms with Crippen LogP contribution >= 0.6 is 0 Å². The lowest BCUT2D eigenvalue weighted by molar-refractivity contribution is 0.545. The first-order chi connectivity index (χ1) is 9.06. The molecule has 0 aliphatic carbocycles. The molecule has 0 aliphatic rings. The molecule has 2 aromatic heterocycles. The van der Waals surface area contributed by atoms with E-state index in [2.05, 4.69) is 35.7 Å². The van der Waals surface area contributed by atoms with Crippen LogP contribution in [0.4, 0.5) is 0 Å². The summed E-state index contributed by atoms with van der Waals surface area (Å²) < 4.78 is 3.82. The third-order valence-electron chi connectivity index (χ3n) is 3.57. The van der Waals surface area contributed by atoms with Gasteiger partial charge in [0.1, 0.15) is 0 Å². The number of aryl methyl sites for hydroxylation is 3. The van der Waals surface area contributed by atoms with Gasteiger partial charge in [0.15, 0.2) is 0 Å². The van der Waals surface area contributed by atoms with Crippen molar-refractivity contribution in [2.45, 2.75) is 39.8 Å². The van der Waals surface area contributed by atoms with E-state index in [9.17, 15) is 0 Å². The summed E-state index contributed by atoms with van der Waals surface area (Å²) in [5.41, 5.74) is 7.41. The molecule has 19 heavy (non-hydrogen) atoms. The summed E-state index contributed by atoms with van der Waals surface area (Å²) >= 11 is 0. The van der Waals surface area contributed by atoms with Crippen molar-refractivity contribution in [2.24, 2.45) is 12.9 Å². The second-order valence-corrected chi connectivity index (χ2v) is 4.84. The van der Waals surface area contributed by atoms with Crippen LogP contribution in [0.15, 0.2) is 12.4 Å². The fourth-order valence-corrected chi connectivity index (χ4v) is 2.46. The highest BCUT2D eigenvalue weighted by molar-refractivity contribution is 5.29. The van der Waals surface area contributed by atoms with Gasteiger partial charge in [0.25, 0.3) is 0 Å². The number of rotatable bonds is 5. The molecule has 0 fully saturated rings. The van der Waals surface area contributed by atoms with Crippen molar-refractivity contribution in [1.29, 1.82) is 0 Å². The standard InChI is InChI=1S/C13H22N6/c1-5-19-8-11(7-15-19)6-12(16-14)13-9(2)17-18(4)10(13)3/h7-8,12,16H,5-6,14H2,1-4H3. The second-order valence-electron chi connectivity index (χ2n) is 4.84. The van der Waals surface area contributed by atoms with Crippen LogP contribution in [0.2, 0.25) is 0 Å². The Labute approximate surface area is 113 Å². The van der Waals surface area contributed by atoms with E-state index in [1.807, 2.05) is 29.5 Å². The Balaban J connectivity index is 2.24. The minimum Gasteiger partial charge on any atom is -0.273 e. The topological polar surface area (TPSA) is 73.7 Å². The van der Waals surface area contributed by atoms with Gasteiger partial charge in [-0.15, -0.1) is 0 Å². The predicted molar refractivity (Wildman–Crippen MR) is 74.4 cm³/mol. The second kappa shape index (κ2) is 5.54. The molecule has 2 heterocycles. The highest BCUT2D eigenvalue weighted by Gasteiger charge is 2.20. The fourth-order valence-electron chi connectivity index (χ4n) is 2.46. The smallest absolute Gasteiger partial charge is 0.0644 e. The number of nitrogens with one attached hydrogen (secondary N) is 1. The quantitative estimate of drug-likeness (QED) is 0.623. The fraction of sp³-hybridized carbons (Fsp3) is 0.538. The zero-order chi connectivity index (χ0) is 14.0. The van der Waals surface area contributed by atoms with Gasteiger partial charge in [-0.3, -0.25) is 20.6 Å². The Hall–Kier alpha value is -1.66. The van der Waals surface area contributed by atoms with Gasteiger partial charge < -0.3 is 0 Å². The van der Waals surface area contributed by atoms with Gasteiger partial charge in [0, 0.05) is 31.0 Å². The van der Waals surface area contributed by atoms with E-state index in [1.54, 1.807) is 0 Å². The summed E-state index contributed by atoms with van der Waals surface area (Å²) in [6.07, 6.45) is 4.77. The Bertz CT molecular complexity index is 553. The maximum absolute atomic E-state index is 5.72. The Morgan fingerprint density at radius 1 is 1.42 bits per heavy atom. The minimum atomic E-state index is 0.0585. The normalized spacial score (nSPS) is 12.9. The van der Waals surface area contributed by atoms with Gasteiger partial charge >= 0.3 is 0 Å². The first kappa shape index (κ1) is 13.8. The first-order valence-corrected chi connectivity index (χ1v) is 6.54. The molecule has 0 amide bonds. The molecule has 3 N–H and O–H groups in total. The molecule has 2 aromatic rings. The molecule has 0 saturated heterocycles. The lowest BCUT2D eigenvalue weighted by Gasteiger charge is -2.15. The summed E-state index contributed by atoms with van der Waals surface area (Å²) in [7, 11) is 1.95. The lowest BCUT2D eigenvalue weighted by atomic mass is 9.99. The molecule has 0 aromatic carbocycles. The van der Waals surface area contributed by atoms with Crippen LogP contribution in [0, 0.1) is 13.8 Å². The molecular weight excluding hydrogens is 240 g/mol. The minimum absolute atomic E-state index is 0.0585. The summed E-state index contributed by atoms with van der Waals surface area (Å²) in [6, 6.07) is 0.0585. The zero-order valence-electron chi connectivity index (χ0n) is 12.0. The molecule has 0 bridgehead atoms. The summed E-state index contributed by atoms with van der Waals surface area (Å²) in [4.78, 5) is 0. The monoisotopic (exact) mass is 262 g/mol. The SMILES string of the molecule is CCn1cc(CC(NN)c2c(C)nn(C)c2C)cn1. The molecule has 2 rings (SSSR count). The Morgan fingerprint density at radius 3 is 2.63 bits per heavy atom. The highest BCUT2D eigenvalue weighted by Crippen LogP contribution is 2.23. The predicted octanol–water partition coefficient (Wildman–Crippen LogP) is 1.00. The third kappa shape index (κ3) is 2.69. The van der Waals surface area contributed by atoms with Gasteiger partial charge in [0.2, 0.25) is 0 Å².